The van der Waals surface area contributed by atoms with Crippen molar-refractivity contribution in [1.82, 2.24) is 5.32 Å². The molecule has 0 bridgehead atoms. The monoisotopic (exact) mass is 273 g/mol. The Morgan fingerprint density at radius 2 is 1.74 bits per heavy atom. The number of amides is 1. The molecule has 1 heterocycles. The van der Waals surface area contributed by atoms with E-state index in [1.807, 2.05) is 0 Å². The Balaban J connectivity index is 3.20. The molecule has 0 spiro atoms. The third-order valence-corrected chi connectivity index (χ3v) is 2.76. The fraction of sp³-hybridized carbons (Fsp3) is 0.750. The molecule has 0 aromatic rings. The minimum atomic E-state index is -1.92. The smallest absolute Gasteiger partial charge is 0.409 e. The number of carbonyl (C=O) groups is 3. The van der Waals surface area contributed by atoms with Gasteiger partial charge in [-0.3, -0.25) is 5.32 Å². The van der Waals surface area contributed by atoms with Crippen LogP contribution in [0.2, 0.25) is 0 Å². The Morgan fingerprint density at radius 3 is 2.11 bits per heavy atom. The molecule has 0 aromatic heterocycles. The van der Waals surface area contributed by atoms with Crippen molar-refractivity contribution in [3.63, 3.8) is 0 Å². The summed E-state index contributed by atoms with van der Waals surface area (Å²) >= 11 is 0. The number of cyclic esters (lactones) is 1. The number of alkyl carbamates (subject to hydrolysis) is 1. The van der Waals surface area contributed by atoms with E-state index in [0.717, 1.165) is 0 Å². The second-order valence-electron chi connectivity index (χ2n) is 4.44. The van der Waals surface area contributed by atoms with Crippen LogP contribution >= 0.6 is 0 Å². The number of carbonyl (C=O) groups excluding carboxylic acids is 3. The first-order valence-electron chi connectivity index (χ1n) is 6.23. The Labute approximate surface area is 111 Å². The molecule has 0 saturated carbocycles. The van der Waals surface area contributed by atoms with E-state index in [9.17, 15) is 14.4 Å². The van der Waals surface area contributed by atoms with E-state index < -0.39 is 29.7 Å². The molecule has 1 N–H and O–H groups in total. The summed E-state index contributed by atoms with van der Waals surface area (Å²) in [6, 6.07) is 0. The van der Waals surface area contributed by atoms with Crippen LogP contribution in [0.4, 0.5) is 4.79 Å². The van der Waals surface area contributed by atoms with Crippen molar-refractivity contribution in [3.05, 3.63) is 0 Å². The van der Waals surface area contributed by atoms with E-state index >= 15 is 0 Å². The standard InChI is InChI=1S/C12H19NO6/c1-5-17-9(14)12(10(15)18-6-2)8(7(3)4)19-11(16)13-12/h7-8H,5-6H2,1-4H3,(H,13,16). The summed E-state index contributed by atoms with van der Waals surface area (Å²) in [5.74, 6) is -1.98. The molecule has 1 saturated heterocycles. The van der Waals surface area contributed by atoms with Gasteiger partial charge >= 0.3 is 18.0 Å². The molecule has 1 amide bonds. The van der Waals surface area contributed by atoms with Crippen LogP contribution in [-0.4, -0.2) is 42.9 Å². The van der Waals surface area contributed by atoms with Crippen LogP contribution in [-0.2, 0) is 23.8 Å². The molecule has 0 aromatic carbocycles. The maximum Gasteiger partial charge on any atom is 0.409 e. The van der Waals surface area contributed by atoms with Crippen molar-refractivity contribution < 1.29 is 28.6 Å². The molecule has 0 radical (unpaired) electrons. The highest BCUT2D eigenvalue weighted by molar-refractivity contribution is 6.09. The van der Waals surface area contributed by atoms with Crippen LogP contribution < -0.4 is 5.32 Å². The molecule has 1 unspecified atom stereocenters. The van der Waals surface area contributed by atoms with Gasteiger partial charge in [0.05, 0.1) is 13.2 Å². The summed E-state index contributed by atoms with van der Waals surface area (Å²) < 4.78 is 14.8. The van der Waals surface area contributed by atoms with Gasteiger partial charge in [-0.1, -0.05) is 13.8 Å². The first-order chi connectivity index (χ1) is 8.90. The summed E-state index contributed by atoms with van der Waals surface area (Å²) in [6.07, 6.45) is -1.79. The van der Waals surface area contributed by atoms with E-state index in [0.29, 0.717) is 0 Å². The van der Waals surface area contributed by atoms with Crippen molar-refractivity contribution in [2.45, 2.75) is 39.3 Å². The number of rotatable bonds is 5. The molecule has 0 aliphatic carbocycles. The lowest BCUT2D eigenvalue weighted by Crippen LogP contribution is -2.63. The minimum Gasteiger partial charge on any atom is -0.464 e. The average Bonchev–Trinajstić information content (AvgIpc) is 2.69. The molecule has 19 heavy (non-hydrogen) atoms. The SMILES string of the molecule is CCOC(=O)C1(C(=O)OCC)NC(=O)OC1C(C)C. The van der Waals surface area contributed by atoms with Gasteiger partial charge in [-0.15, -0.1) is 0 Å². The summed E-state index contributed by atoms with van der Waals surface area (Å²) in [6.45, 7) is 6.86. The van der Waals surface area contributed by atoms with Gasteiger partial charge in [-0.2, -0.15) is 0 Å². The lowest BCUT2D eigenvalue weighted by Gasteiger charge is -2.29. The van der Waals surface area contributed by atoms with Gasteiger partial charge in [0.2, 0.25) is 0 Å². The topological polar surface area (TPSA) is 90.9 Å². The first-order valence-corrected chi connectivity index (χ1v) is 6.23. The van der Waals surface area contributed by atoms with Crippen LogP contribution in [0.1, 0.15) is 27.7 Å². The van der Waals surface area contributed by atoms with E-state index in [4.69, 9.17) is 14.2 Å². The fourth-order valence-electron chi connectivity index (χ4n) is 2.01. The normalized spacial score (nSPS) is 20.7. The molecule has 7 nitrogen and oxygen atoms in total. The molecule has 1 aliphatic heterocycles. The summed E-state index contributed by atoms with van der Waals surface area (Å²) in [7, 11) is 0. The van der Waals surface area contributed by atoms with Gasteiger partial charge in [0, 0.05) is 0 Å². The third kappa shape index (κ3) is 2.64. The second-order valence-corrected chi connectivity index (χ2v) is 4.44. The quantitative estimate of drug-likeness (QED) is 0.448. The number of hydrogen-bond acceptors (Lipinski definition) is 6. The molecular formula is C12H19NO6. The molecule has 108 valence electrons. The lowest BCUT2D eigenvalue weighted by atomic mass is 9.86. The summed E-state index contributed by atoms with van der Waals surface area (Å²) in [5, 5.41) is 2.26. The Hall–Kier alpha value is -1.79. The Kier molecular flexibility index (Phi) is 4.74. The summed E-state index contributed by atoms with van der Waals surface area (Å²) in [4.78, 5) is 35.7. The maximum atomic E-state index is 12.1. The predicted molar refractivity (Wildman–Crippen MR) is 64.2 cm³/mol. The van der Waals surface area contributed by atoms with Gasteiger partial charge in [0.15, 0.2) is 6.10 Å². The Bertz CT molecular complexity index is 360. The zero-order valence-electron chi connectivity index (χ0n) is 11.5. The van der Waals surface area contributed by atoms with E-state index in [-0.39, 0.29) is 19.1 Å². The molecule has 1 aliphatic rings. The maximum absolute atomic E-state index is 12.1. The largest absolute Gasteiger partial charge is 0.464 e. The summed E-state index contributed by atoms with van der Waals surface area (Å²) in [5.41, 5.74) is -1.92. The van der Waals surface area contributed by atoms with Crippen molar-refractivity contribution >= 4 is 18.0 Å². The van der Waals surface area contributed by atoms with Gasteiger partial charge in [0.25, 0.3) is 5.54 Å². The van der Waals surface area contributed by atoms with Crippen LogP contribution in [0.25, 0.3) is 0 Å². The van der Waals surface area contributed by atoms with Crippen LogP contribution in [0.15, 0.2) is 0 Å². The lowest BCUT2D eigenvalue weighted by molar-refractivity contribution is -0.169. The zero-order valence-corrected chi connectivity index (χ0v) is 11.5. The van der Waals surface area contributed by atoms with Gasteiger partial charge < -0.3 is 14.2 Å². The number of ether oxygens (including phenoxy) is 3. The highest BCUT2D eigenvalue weighted by Gasteiger charge is 2.63. The van der Waals surface area contributed by atoms with Crippen molar-refractivity contribution in [3.8, 4) is 0 Å². The Morgan fingerprint density at radius 1 is 1.26 bits per heavy atom. The van der Waals surface area contributed by atoms with E-state index in [1.54, 1.807) is 27.7 Å². The third-order valence-electron chi connectivity index (χ3n) is 2.76. The molecular weight excluding hydrogens is 254 g/mol. The molecule has 1 rings (SSSR count). The zero-order chi connectivity index (χ0) is 14.6. The van der Waals surface area contributed by atoms with Gasteiger partial charge in [0.1, 0.15) is 0 Å². The van der Waals surface area contributed by atoms with Gasteiger partial charge in [-0.25, -0.2) is 14.4 Å². The van der Waals surface area contributed by atoms with Gasteiger partial charge in [-0.05, 0) is 19.8 Å². The second kappa shape index (κ2) is 5.90. The van der Waals surface area contributed by atoms with Crippen molar-refractivity contribution in [2.75, 3.05) is 13.2 Å². The van der Waals surface area contributed by atoms with E-state index in [1.165, 1.54) is 0 Å². The molecule has 1 fully saturated rings. The van der Waals surface area contributed by atoms with Crippen LogP contribution in [0.3, 0.4) is 0 Å². The average molecular weight is 273 g/mol. The molecule has 7 heteroatoms. The fourth-order valence-corrected chi connectivity index (χ4v) is 2.01. The van der Waals surface area contributed by atoms with Crippen molar-refractivity contribution in [2.24, 2.45) is 5.92 Å². The number of nitrogens with one attached hydrogen (secondary N) is 1. The number of esters is 2. The minimum absolute atomic E-state index is 0.0840. The van der Waals surface area contributed by atoms with Crippen molar-refractivity contribution in [1.29, 1.82) is 0 Å². The van der Waals surface area contributed by atoms with E-state index in [2.05, 4.69) is 5.32 Å². The highest BCUT2D eigenvalue weighted by Crippen LogP contribution is 2.30. The highest BCUT2D eigenvalue weighted by atomic mass is 16.6. The number of hydrogen-bond donors (Lipinski definition) is 1. The van der Waals surface area contributed by atoms with Crippen LogP contribution in [0, 0.1) is 5.92 Å². The van der Waals surface area contributed by atoms with Crippen LogP contribution in [0.5, 0.6) is 0 Å². The first kappa shape index (κ1) is 15.3. The molecule has 1 atom stereocenters. The predicted octanol–water partition coefficient (Wildman–Crippen LogP) is 0.616.